The Kier molecular flexibility index (Phi) is 5.79. The van der Waals surface area contributed by atoms with E-state index in [0.717, 1.165) is 12.1 Å². The molecule has 0 fully saturated rings. The Morgan fingerprint density at radius 1 is 1.11 bits per heavy atom. The summed E-state index contributed by atoms with van der Waals surface area (Å²) in [6.45, 7) is -0.210. The van der Waals surface area contributed by atoms with Crippen LogP contribution in [-0.2, 0) is 9.84 Å². The summed E-state index contributed by atoms with van der Waals surface area (Å²) in [6.07, 6.45) is 1.37. The number of furan rings is 1. The summed E-state index contributed by atoms with van der Waals surface area (Å²) in [5, 5.41) is 1.46. The molecule has 2 aromatic carbocycles. The van der Waals surface area contributed by atoms with E-state index in [4.69, 9.17) is 9.15 Å². The Morgan fingerprint density at radius 2 is 1.79 bits per heavy atom. The highest BCUT2D eigenvalue weighted by Crippen LogP contribution is 2.30. The number of hydrogen-bond donors (Lipinski definition) is 1. The Balaban J connectivity index is 1.85. The van der Waals surface area contributed by atoms with Gasteiger partial charge in [0, 0.05) is 12.1 Å². The van der Waals surface area contributed by atoms with E-state index in [1.807, 2.05) is 0 Å². The lowest BCUT2D eigenvalue weighted by Gasteiger charge is -2.17. The molecule has 6 nitrogen and oxygen atoms in total. The monoisotopic (exact) mass is 403 g/mol. The number of ether oxygens (including phenoxy) is 1. The first-order valence-electron chi connectivity index (χ1n) is 8.37. The van der Waals surface area contributed by atoms with Crippen molar-refractivity contribution in [3.05, 3.63) is 84.1 Å². The number of nitrogens with one attached hydrogen (secondary N) is 1. The Morgan fingerprint density at radius 3 is 2.36 bits per heavy atom. The second kappa shape index (κ2) is 8.26. The molecule has 146 valence electrons. The maximum Gasteiger partial charge on any atom is 0.251 e. The average molecular weight is 403 g/mol. The second-order valence-electron chi connectivity index (χ2n) is 5.94. The number of carbonyl (C=O) groups is 1. The molecule has 3 aromatic rings. The number of methoxy groups -OCH3 is 1. The number of rotatable bonds is 7. The van der Waals surface area contributed by atoms with Crippen molar-refractivity contribution >= 4 is 15.7 Å². The molecule has 1 unspecified atom stereocenters. The van der Waals surface area contributed by atoms with Gasteiger partial charge in [-0.3, -0.25) is 4.79 Å². The van der Waals surface area contributed by atoms with Crippen LogP contribution in [0.1, 0.15) is 21.4 Å². The van der Waals surface area contributed by atoms with Gasteiger partial charge in [-0.2, -0.15) is 0 Å². The van der Waals surface area contributed by atoms with Crippen LogP contribution in [0.3, 0.4) is 0 Å². The maximum atomic E-state index is 13.1. The van der Waals surface area contributed by atoms with Crippen molar-refractivity contribution in [2.45, 2.75) is 10.1 Å². The third-order valence-corrected chi connectivity index (χ3v) is 6.25. The number of sulfone groups is 1. The van der Waals surface area contributed by atoms with Crippen molar-refractivity contribution in [1.82, 2.24) is 5.32 Å². The first kappa shape index (κ1) is 19.6. The fourth-order valence-electron chi connectivity index (χ4n) is 2.66. The Hall–Kier alpha value is -3.13. The molecule has 0 aliphatic carbocycles. The molecule has 3 rings (SSSR count). The van der Waals surface area contributed by atoms with Gasteiger partial charge in [-0.25, -0.2) is 12.8 Å². The zero-order valence-corrected chi connectivity index (χ0v) is 15.8. The minimum absolute atomic E-state index is 0.0748. The molecule has 0 saturated heterocycles. The Bertz CT molecular complexity index is 1030. The van der Waals surface area contributed by atoms with Gasteiger partial charge in [0.1, 0.15) is 22.6 Å². The smallest absolute Gasteiger partial charge is 0.251 e. The first-order chi connectivity index (χ1) is 13.4. The highest BCUT2D eigenvalue weighted by molar-refractivity contribution is 7.91. The standard InChI is InChI=1S/C20H18FNO5S/c1-26-16-8-10-17(11-9-16)28(24,25)19(18-3-2-12-27-18)13-22-20(23)14-4-6-15(21)7-5-14/h2-12,19H,13H2,1H3,(H,22,23). The third-order valence-electron chi connectivity index (χ3n) is 4.18. The quantitative estimate of drug-likeness (QED) is 0.654. The van der Waals surface area contributed by atoms with Crippen LogP contribution in [0.5, 0.6) is 5.75 Å². The highest BCUT2D eigenvalue weighted by Gasteiger charge is 2.32. The van der Waals surface area contributed by atoms with Crippen LogP contribution in [0.15, 0.2) is 76.2 Å². The van der Waals surface area contributed by atoms with Crippen LogP contribution in [0.4, 0.5) is 4.39 Å². The van der Waals surface area contributed by atoms with E-state index in [9.17, 15) is 17.6 Å². The summed E-state index contributed by atoms with van der Waals surface area (Å²) in [7, 11) is -2.37. The van der Waals surface area contributed by atoms with Crippen LogP contribution in [-0.4, -0.2) is 28.0 Å². The van der Waals surface area contributed by atoms with Crippen molar-refractivity contribution in [2.75, 3.05) is 13.7 Å². The predicted molar refractivity (Wildman–Crippen MR) is 100 cm³/mol. The van der Waals surface area contributed by atoms with E-state index >= 15 is 0 Å². The number of hydrogen-bond acceptors (Lipinski definition) is 5. The normalized spacial score (nSPS) is 12.4. The molecule has 1 heterocycles. The van der Waals surface area contributed by atoms with Crippen LogP contribution in [0, 0.1) is 5.82 Å². The molecular formula is C20H18FNO5S. The first-order valence-corrected chi connectivity index (χ1v) is 9.91. The minimum atomic E-state index is -3.86. The van der Waals surface area contributed by atoms with Gasteiger partial charge in [-0.1, -0.05) is 0 Å². The van der Waals surface area contributed by atoms with Gasteiger partial charge in [0.2, 0.25) is 0 Å². The molecule has 0 spiro atoms. The summed E-state index contributed by atoms with van der Waals surface area (Å²) in [4.78, 5) is 12.4. The van der Waals surface area contributed by atoms with Crippen molar-refractivity contribution in [2.24, 2.45) is 0 Å². The van der Waals surface area contributed by atoms with Crippen LogP contribution in [0.25, 0.3) is 0 Å². The molecule has 1 aromatic heterocycles. The molecule has 0 radical (unpaired) electrons. The van der Waals surface area contributed by atoms with E-state index in [2.05, 4.69) is 5.32 Å². The Labute approximate surface area is 161 Å². The molecule has 0 saturated carbocycles. The topological polar surface area (TPSA) is 85.6 Å². The molecule has 1 N–H and O–H groups in total. The van der Waals surface area contributed by atoms with Crippen LogP contribution in [0.2, 0.25) is 0 Å². The predicted octanol–water partition coefficient (Wildman–Crippen LogP) is 3.37. The average Bonchev–Trinajstić information content (AvgIpc) is 3.22. The zero-order chi connectivity index (χ0) is 20.1. The summed E-state index contributed by atoms with van der Waals surface area (Å²) in [5.41, 5.74) is 0.224. The highest BCUT2D eigenvalue weighted by atomic mass is 32.2. The molecule has 0 aliphatic rings. The lowest BCUT2D eigenvalue weighted by molar-refractivity contribution is 0.0953. The van der Waals surface area contributed by atoms with E-state index < -0.39 is 26.8 Å². The number of benzene rings is 2. The molecule has 28 heavy (non-hydrogen) atoms. The summed E-state index contributed by atoms with van der Waals surface area (Å²) >= 11 is 0. The summed E-state index contributed by atoms with van der Waals surface area (Å²) in [5.74, 6) is -0.248. The third kappa shape index (κ3) is 4.23. The van der Waals surface area contributed by atoms with Gasteiger partial charge in [0.15, 0.2) is 9.84 Å². The number of halogens is 1. The lowest BCUT2D eigenvalue weighted by atomic mass is 10.2. The summed E-state index contributed by atoms with van der Waals surface area (Å²) < 4.78 is 49.6. The van der Waals surface area contributed by atoms with Gasteiger partial charge in [-0.05, 0) is 60.7 Å². The van der Waals surface area contributed by atoms with Gasteiger partial charge < -0.3 is 14.5 Å². The molecular weight excluding hydrogens is 385 g/mol. The second-order valence-corrected chi connectivity index (χ2v) is 8.07. The van der Waals surface area contributed by atoms with E-state index in [-0.39, 0.29) is 22.8 Å². The van der Waals surface area contributed by atoms with Crippen LogP contribution < -0.4 is 10.1 Å². The molecule has 0 aliphatic heterocycles. The van der Waals surface area contributed by atoms with Crippen molar-refractivity contribution in [1.29, 1.82) is 0 Å². The fraction of sp³-hybridized carbons (Fsp3) is 0.150. The van der Waals surface area contributed by atoms with Crippen molar-refractivity contribution in [3.8, 4) is 5.75 Å². The minimum Gasteiger partial charge on any atom is -0.497 e. The number of amides is 1. The van der Waals surface area contributed by atoms with E-state index in [0.29, 0.717) is 5.75 Å². The van der Waals surface area contributed by atoms with Gasteiger partial charge >= 0.3 is 0 Å². The summed E-state index contributed by atoms with van der Waals surface area (Å²) in [6, 6.07) is 14.0. The van der Waals surface area contributed by atoms with Crippen molar-refractivity contribution in [3.63, 3.8) is 0 Å². The lowest BCUT2D eigenvalue weighted by Crippen LogP contribution is -2.31. The van der Waals surface area contributed by atoms with Gasteiger partial charge in [0.05, 0.1) is 18.3 Å². The largest absolute Gasteiger partial charge is 0.497 e. The van der Waals surface area contributed by atoms with Crippen LogP contribution >= 0.6 is 0 Å². The van der Waals surface area contributed by atoms with E-state index in [1.54, 1.807) is 18.2 Å². The molecule has 1 atom stereocenters. The SMILES string of the molecule is COc1ccc(S(=O)(=O)C(CNC(=O)c2ccc(F)cc2)c2ccco2)cc1. The number of carbonyl (C=O) groups excluding carboxylic acids is 1. The molecule has 8 heteroatoms. The molecule has 1 amide bonds. The fourth-order valence-corrected chi connectivity index (χ4v) is 4.24. The van der Waals surface area contributed by atoms with Gasteiger partial charge in [0.25, 0.3) is 5.91 Å². The van der Waals surface area contributed by atoms with E-state index in [1.165, 1.54) is 43.7 Å². The van der Waals surface area contributed by atoms with Crippen molar-refractivity contribution < 1.29 is 26.8 Å². The maximum absolute atomic E-state index is 13.1. The zero-order valence-electron chi connectivity index (χ0n) is 15.0. The molecule has 0 bridgehead atoms. The van der Waals surface area contributed by atoms with Gasteiger partial charge in [-0.15, -0.1) is 0 Å².